The summed E-state index contributed by atoms with van der Waals surface area (Å²) in [5, 5.41) is 10.8. The summed E-state index contributed by atoms with van der Waals surface area (Å²) in [6.07, 6.45) is 0.808. The molecule has 0 atom stereocenters. The second kappa shape index (κ2) is 6.72. The van der Waals surface area contributed by atoms with Crippen molar-refractivity contribution in [2.45, 2.75) is 19.8 Å². The number of benzene rings is 1. The number of ether oxygens (including phenoxy) is 1. The summed E-state index contributed by atoms with van der Waals surface area (Å²) in [6, 6.07) is 4.59. The summed E-state index contributed by atoms with van der Waals surface area (Å²) < 4.78 is 26.7. The molecule has 19 heavy (non-hydrogen) atoms. The van der Waals surface area contributed by atoms with Crippen LogP contribution in [-0.4, -0.2) is 25.7 Å². The molecule has 0 heterocycles. The van der Waals surface area contributed by atoms with Crippen LogP contribution in [0.1, 0.15) is 18.4 Å². The van der Waals surface area contributed by atoms with Crippen LogP contribution in [0.2, 0.25) is 0 Å². The van der Waals surface area contributed by atoms with E-state index >= 15 is 0 Å². The highest BCUT2D eigenvalue weighted by molar-refractivity contribution is 8.13. The third-order valence-corrected chi connectivity index (χ3v) is 3.59. The van der Waals surface area contributed by atoms with E-state index < -0.39 is 14.0 Å². The molecule has 1 aromatic carbocycles. The van der Waals surface area contributed by atoms with Crippen molar-refractivity contribution in [1.29, 1.82) is 0 Å². The van der Waals surface area contributed by atoms with Crippen LogP contribution in [-0.2, 0) is 9.05 Å². The molecule has 0 unspecified atom stereocenters. The fourth-order valence-electron chi connectivity index (χ4n) is 1.45. The van der Waals surface area contributed by atoms with Crippen LogP contribution in [0.25, 0.3) is 0 Å². The fraction of sp³-hybridized carbons (Fsp3) is 0.455. The van der Waals surface area contributed by atoms with E-state index in [1.807, 2.05) is 0 Å². The van der Waals surface area contributed by atoms with Gasteiger partial charge in [-0.25, -0.2) is 8.42 Å². The van der Waals surface area contributed by atoms with Crippen molar-refractivity contribution in [1.82, 2.24) is 0 Å². The van der Waals surface area contributed by atoms with Crippen molar-refractivity contribution >= 4 is 25.4 Å². The SMILES string of the molecule is Cc1ccc([N+](=O)[O-])c(OCCCCS(=O)(=O)Cl)c1. The van der Waals surface area contributed by atoms with E-state index in [1.165, 1.54) is 6.07 Å². The van der Waals surface area contributed by atoms with Gasteiger partial charge in [0.05, 0.1) is 17.3 Å². The van der Waals surface area contributed by atoms with Gasteiger partial charge in [0.2, 0.25) is 9.05 Å². The Hall–Kier alpha value is -1.34. The maximum absolute atomic E-state index is 10.8. The summed E-state index contributed by atoms with van der Waals surface area (Å²) in [5.41, 5.74) is 0.750. The number of rotatable bonds is 7. The van der Waals surface area contributed by atoms with Crippen molar-refractivity contribution in [2.75, 3.05) is 12.4 Å². The molecule has 106 valence electrons. The van der Waals surface area contributed by atoms with Crippen LogP contribution in [0.4, 0.5) is 5.69 Å². The molecule has 0 radical (unpaired) electrons. The average Bonchev–Trinajstić information content (AvgIpc) is 2.26. The lowest BCUT2D eigenvalue weighted by atomic mass is 10.2. The first-order valence-electron chi connectivity index (χ1n) is 5.60. The average molecular weight is 308 g/mol. The Labute approximate surface area is 115 Å². The zero-order chi connectivity index (χ0) is 14.5. The molecule has 1 aromatic rings. The Morgan fingerprint density at radius 1 is 1.37 bits per heavy atom. The summed E-state index contributed by atoms with van der Waals surface area (Å²) >= 11 is 0. The molecule has 0 saturated heterocycles. The number of hydrogen-bond acceptors (Lipinski definition) is 5. The third-order valence-electron chi connectivity index (χ3n) is 2.35. The van der Waals surface area contributed by atoms with E-state index in [0.29, 0.717) is 12.8 Å². The molecule has 0 spiro atoms. The van der Waals surface area contributed by atoms with Gasteiger partial charge in [-0.3, -0.25) is 10.1 Å². The maximum atomic E-state index is 10.8. The molecule has 0 aliphatic rings. The molecule has 8 heteroatoms. The van der Waals surface area contributed by atoms with E-state index in [0.717, 1.165) is 5.56 Å². The Bertz CT molecular complexity index is 558. The third kappa shape index (κ3) is 5.89. The Kier molecular flexibility index (Phi) is 5.56. The van der Waals surface area contributed by atoms with Crippen molar-refractivity contribution in [3.63, 3.8) is 0 Å². The van der Waals surface area contributed by atoms with Gasteiger partial charge in [-0.15, -0.1) is 0 Å². The number of unbranched alkanes of at least 4 members (excludes halogenated alkanes) is 1. The van der Waals surface area contributed by atoms with Gasteiger partial charge in [0.1, 0.15) is 0 Å². The predicted octanol–water partition coefficient (Wildman–Crippen LogP) is 2.63. The highest BCUT2D eigenvalue weighted by Gasteiger charge is 2.14. The molecule has 0 bridgehead atoms. The number of hydrogen-bond donors (Lipinski definition) is 0. The van der Waals surface area contributed by atoms with Crippen LogP contribution in [0, 0.1) is 17.0 Å². The molecule has 0 saturated carbocycles. The Balaban J connectivity index is 2.53. The lowest BCUT2D eigenvalue weighted by molar-refractivity contribution is -0.385. The monoisotopic (exact) mass is 307 g/mol. The van der Waals surface area contributed by atoms with Crippen LogP contribution < -0.4 is 4.74 Å². The number of aryl methyl sites for hydroxylation is 1. The van der Waals surface area contributed by atoms with Crippen LogP contribution in [0.15, 0.2) is 18.2 Å². The van der Waals surface area contributed by atoms with Gasteiger partial charge in [0.25, 0.3) is 0 Å². The summed E-state index contributed by atoms with van der Waals surface area (Å²) in [5.74, 6) is 0.0621. The number of nitro benzene ring substituents is 1. The largest absolute Gasteiger partial charge is 0.487 e. The standard InChI is InChI=1S/C11H14ClNO5S/c1-9-4-5-10(13(14)15)11(8-9)18-6-2-3-7-19(12,16)17/h4-5,8H,2-3,6-7H2,1H3. The minimum Gasteiger partial charge on any atom is -0.487 e. The zero-order valence-corrected chi connectivity index (χ0v) is 11.9. The van der Waals surface area contributed by atoms with Crippen LogP contribution in [0.3, 0.4) is 0 Å². The molecule has 6 nitrogen and oxygen atoms in total. The minimum atomic E-state index is -3.49. The first kappa shape index (κ1) is 15.7. The molecule has 0 fully saturated rings. The normalized spacial score (nSPS) is 11.3. The molecule has 1 rings (SSSR count). The van der Waals surface area contributed by atoms with Crippen molar-refractivity contribution in [3.8, 4) is 5.75 Å². The number of halogens is 1. The van der Waals surface area contributed by atoms with Crippen molar-refractivity contribution in [3.05, 3.63) is 33.9 Å². The summed E-state index contributed by atoms with van der Waals surface area (Å²) in [4.78, 5) is 10.3. The first-order valence-corrected chi connectivity index (χ1v) is 8.07. The molecule has 0 aliphatic carbocycles. The van der Waals surface area contributed by atoms with Gasteiger partial charge in [-0.1, -0.05) is 6.07 Å². The lowest BCUT2D eigenvalue weighted by Gasteiger charge is -2.07. The molecule has 0 aliphatic heterocycles. The van der Waals surface area contributed by atoms with Crippen molar-refractivity contribution < 1.29 is 18.1 Å². The van der Waals surface area contributed by atoms with Gasteiger partial charge < -0.3 is 4.74 Å². The highest BCUT2D eigenvalue weighted by atomic mass is 35.7. The Morgan fingerprint density at radius 2 is 2.05 bits per heavy atom. The quantitative estimate of drug-likeness (QED) is 0.334. The van der Waals surface area contributed by atoms with E-state index in [9.17, 15) is 18.5 Å². The first-order chi connectivity index (χ1) is 8.79. The second-order valence-electron chi connectivity index (χ2n) is 4.03. The molecule has 0 amide bonds. The van der Waals surface area contributed by atoms with Gasteiger partial charge in [0, 0.05) is 16.7 Å². The van der Waals surface area contributed by atoms with Crippen LogP contribution in [0.5, 0.6) is 5.75 Å². The van der Waals surface area contributed by atoms with Crippen molar-refractivity contribution in [2.24, 2.45) is 0 Å². The minimum absolute atomic E-state index is 0.101. The Morgan fingerprint density at radius 3 is 2.63 bits per heavy atom. The molecule has 0 N–H and O–H groups in total. The van der Waals surface area contributed by atoms with Gasteiger partial charge in [-0.2, -0.15) is 0 Å². The van der Waals surface area contributed by atoms with Gasteiger partial charge >= 0.3 is 5.69 Å². The zero-order valence-electron chi connectivity index (χ0n) is 10.3. The van der Waals surface area contributed by atoms with E-state index in [-0.39, 0.29) is 23.8 Å². The topological polar surface area (TPSA) is 86.5 Å². The van der Waals surface area contributed by atoms with E-state index in [1.54, 1.807) is 19.1 Å². The smallest absolute Gasteiger partial charge is 0.310 e. The maximum Gasteiger partial charge on any atom is 0.310 e. The number of nitrogens with zero attached hydrogens (tertiary/aromatic N) is 1. The van der Waals surface area contributed by atoms with Gasteiger partial charge in [-0.05, 0) is 31.4 Å². The molecular weight excluding hydrogens is 294 g/mol. The molecular formula is C11H14ClNO5S. The van der Waals surface area contributed by atoms with Crippen LogP contribution >= 0.6 is 10.7 Å². The summed E-state index contributed by atoms with van der Waals surface area (Å²) in [7, 11) is 1.57. The lowest BCUT2D eigenvalue weighted by Crippen LogP contribution is -2.04. The molecule has 0 aromatic heterocycles. The van der Waals surface area contributed by atoms with E-state index in [2.05, 4.69) is 0 Å². The predicted molar refractivity (Wildman–Crippen MR) is 72.2 cm³/mol. The van der Waals surface area contributed by atoms with E-state index in [4.69, 9.17) is 15.4 Å². The number of nitro groups is 1. The fourth-order valence-corrected chi connectivity index (χ4v) is 2.32. The highest BCUT2D eigenvalue weighted by Crippen LogP contribution is 2.27. The van der Waals surface area contributed by atoms with Gasteiger partial charge in [0.15, 0.2) is 5.75 Å². The second-order valence-corrected chi connectivity index (χ2v) is 6.92. The summed E-state index contributed by atoms with van der Waals surface area (Å²) in [6.45, 7) is 2.01.